The van der Waals surface area contributed by atoms with Crippen molar-refractivity contribution >= 4 is 17.6 Å². The number of carbonyl (C=O) groups excluding carboxylic acids is 1. The number of hydrogen-bond donors (Lipinski definition) is 1. The van der Waals surface area contributed by atoms with Gasteiger partial charge in [0, 0.05) is 12.6 Å². The molecule has 0 radical (unpaired) electrons. The second-order valence-electron chi connectivity index (χ2n) is 6.27. The number of benzene rings is 2. The molecule has 2 aromatic rings. The minimum absolute atomic E-state index is 0.0229. The van der Waals surface area contributed by atoms with E-state index < -0.39 is 22.8 Å². The number of carboxylic acids is 1. The summed E-state index contributed by atoms with van der Waals surface area (Å²) in [5.41, 5.74) is 1.51. The Morgan fingerprint density at radius 3 is 2.63 bits per heavy atom. The van der Waals surface area contributed by atoms with Crippen molar-refractivity contribution in [2.24, 2.45) is 0 Å². The monoisotopic (exact) mass is 370 g/mol. The van der Waals surface area contributed by atoms with Crippen LogP contribution in [0.4, 0.5) is 5.69 Å². The van der Waals surface area contributed by atoms with Gasteiger partial charge in [0.1, 0.15) is 5.75 Å². The standard InChI is InChI=1S/C19H18N2O6/c1-11-15(21(25)26)9-13(10-16(11)27-2)18(22)20-8-7-12-5-3-4-6-14(12)17(20)19(23)24/h3-6,9-10,17H,7-8H2,1-2H3,(H,23,24). The molecule has 1 heterocycles. The maximum absolute atomic E-state index is 13.1. The fourth-order valence-corrected chi connectivity index (χ4v) is 3.42. The first-order valence-corrected chi connectivity index (χ1v) is 8.29. The number of fused-ring (bicyclic) bond motifs is 1. The molecule has 140 valence electrons. The van der Waals surface area contributed by atoms with Crippen molar-refractivity contribution < 1.29 is 24.4 Å². The maximum atomic E-state index is 13.1. The normalized spacial score (nSPS) is 15.8. The summed E-state index contributed by atoms with van der Waals surface area (Å²) < 4.78 is 5.15. The Bertz CT molecular complexity index is 940. The van der Waals surface area contributed by atoms with Gasteiger partial charge in [-0.15, -0.1) is 0 Å². The second-order valence-corrected chi connectivity index (χ2v) is 6.27. The molecule has 1 aliphatic heterocycles. The van der Waals surface area contributed by atoms with E-state index in [1.54, 1.807) is 12.1 Å². The molecular formula is C19H18N2O6. The van der Waals surface area contributed by atoms with Gasteiger partial charge in [-0.1, -0.05) is 24.3 Å². The van der Waals surface area contributed by atoms with Crippen molar-refractivity contribution in [1.29, 1.82) is 0 Å². The molecule has 0 aliphatic carbocycles. The summed E-state index contributed by atoms with van der Waals surface area (Å²) in [7, 11) is 1.36. The predicted octanol–water partition coefficient (Wildman–Crippen LogP) is 2.74. The number of rotatable bonds is 4. The zero-order valence-electron chi connectivity index (χ0n) is 14.8. The molecule has 1 N–H and O–H groups in total. The number of carbonyl (C=O) groups is 2. The molecular weight excluding hydrogens is 352 g/mol. The van der Waals surface area contributed by atoms with E-state index in [1.807, 2.05) is 12.1 Å². The van der Waals surface area contributed by atoms with Crippen molar-refractivity contribution in [1.82, 2.24) is 4.90 Å². The number of nitro groups is 1. The molecule has 3 rings (SSSR count). The number of nitro benzene ring substituents is 1. The van der Waals surface area contributed by atoms with E-state index in [0.29, 0.717) is 17.5 Å². The van der Waals surface area contributed by atoms with Gasteiger partial charge in [0.2, 0.25) is 0 Å². The molecule has 1 atom stereocenters. The number of carboxylic acid groups (broad SMARTS) is 1. The average Bonchev–Trinajstić information content (AvgIpc) is 2.66. The van der Waals surface area contributed by atoms with E-state index in [-0.39, 0.29) is 23.5 Å². The van der Waals surface area contributed by atoms with Crippen LogP contribution in [0.1, 0.15) is 33.1 Å². The lowest BCUT2D eigenvalue weighted by Gasteiger charge is -2.34. The Labute approximate surface area is 155 Å². The van der Waals surface area contributed by atoms with Gasteiger partial charge in [-0.2, -0.15) is 0 Å². The summed E-state index contributed by atoms with van der Waals surface area (Å²) in [5.74, 6) is -1.53. The van der Waals surface area contributed by atoms with Crippen molar-refractivity contribution in [3.05, 3.63) is 68.8 Å². The Morgan fingerprint density at radius 1 is 1.30 bits per heavy atom. The SMILES string of the molecule is COc1cc(C(=O)N2CCc3ccccc3C2C(=O)O)cc([N+](=O)[O-])c1C. The third-order valence-electron chi connectivity index (χ3n) is 4.77. The Morgan fingerprint density at radius 2 is 2.00 bits per heavy atom. The molecule has 8 heteroatoms. The third kappa shape index (κ3) is 3.21. The van der Waals surface area contributed by atoms with Crippen molar-refractivity contribution in [2.45, 2.75) is 19.4 Å². The highest BCUT2D eigenvalue weighted by Crippen LogP contribution is 2.34. The highest BCUT2D eigenvalue weighted by atomic mass is 16.6. The molecule has 2 aromatic carbocycles. The molecule has 1 amide bonds. The second kappa shape index (κ2) is 7.06. The molecule has 0 fully saturated rings. The quantitative estimate of drug-likeness (QED) is 0.654. The number of ether oxygens (including phenoxy) is 1. The zero-order chi connectivity index (χ0) is 19.7. The van der Waals surface area contributed by atoms with Crippen molar-refractivity contribution in [3.8, 4) is 5.75 Å². The first-order chi connectivity index (χ1) is 12.8. The predicted molar refractivity (Wildman–Crippen MR) is 95.9 cm³/mol. The molecule has 27 heavy (non-hydrogen) atoms. The highest BCUT2D eigenvalue weighted by molar-refractivity contribution is 5.98. The molecule has 0 saturated carbocycles. The summed E-state index contributed by atoms with van der Waals surface area (Å²) >= 11 is 0. The van der Waals surface area contributed by atoms with Crippen molar-refractivity contribution in [2.75, 3.05) is 13.7 Å². The highest BCUT2D eigenvalue weighted by Gasteiger charge is 2.37. The summed E-state index contributed by atoms with van der Waals surface area (Å²) in [6.45, 7) is 1.74. The summed E-state index contributed by atoms with van der Waals surface area (Å²) in [4.78, 5) is 36.9. The fraction of sp³-hybridized carbons (Fsp3) is 0.263. The third-order valence-corrected chi connectivity index (χ3v) is 4.77. The first-order valence-electron chi connectivity index (χ1n) is 8.29. The molecule has 0 bridgehead atoms. The van der Waals surface area contributed by atoms with Crippen LogP contribution < -0.4 is 4.74 Å². The Kier molecular flexibility index (Phi) is 4.81. The summed E-state index contributed by atoms with van der Waals surface area (Å²) in [5, 5.41) is 21.0. The van der Waals surface area contributed by atoms with Gasteiger partial charge in [0.25, 0.3) is 11.6 Å². The molecule has 1 aliphatic rings. The van der Waals surface area contributed by atoms with E-state index in [2.05, 4.69) is 0 Å². The van der Waals surface area contributed by atoms with Crippen LogP contribution >= 0.6 is 0 Å². The van der Waals surface area contributed by atoms with E-state index in [4.69, 9.17) is 4.74 Å². The lowest BCUT2D eigenvalue weighted by Crippen LogP contribution is -2.43. The number of amides is 1. The number of aliphatic carboxylic acids is 1. The topological polar surface area (TPSA) is 110 Å². The van der Waals surface area contributed by atoms with Gasteiger partial charge in [0.05, 0.1) is 23.2 Å². The minimum Gasteiger partial charge on any atom is -0.496 e. The number of methoxy groups -OCH3 is 1. The number of nitrogens with zero attached hydrogens (tertiary/aromatic N) is 2. The molecule has 0 spiro atoms. The first kappa shape index (κ1) is 18.4. The van der Waals surface area contributed by atoms with Gasteiger partial charge in [-0.3, -0.25) is 14.9 Å². The van der Waals surface area contributed by atoms with Gasteiger partial charge in [0.15, 0.2) is 6.04 Å². The lowest BCUT2D eigenvalue weighted by molar-refractivity contribution is -0.385. The van der Waals surface area contributed by atoms with E-state index >= 15 is 0 Å². The van der Waals surface area contributed by atoms with E-state index in [0.717, 1.165) is 5.56 Å². The Balaban J connectivity index is 2.07. The summed E-state index contributed by atoms with van der Waals surface area (Å²) in [6, 6.07) is 8.50. The largest absolute Gasteiger partial charge is 0.496 e. The van der Waals surface area contributed by atoms with Crippen LogP contribution in [0.15, 0.2) is 36.4 Å². The summed E-state index contributed by atoms with van der Waals surface area (Å²) in [6.07, 6.45) is 0.511. The zero-order valence-corrected chi connectivity index (χ0v) is 14.8. The minimum atomic E-state index is -1.15. The van der Waals surface area contributed by atoms with Gasteiger partial charge < -0.3 is 14.7 Å². The van der Waals surface area contributed by atoms with E-state index in [1.165, 1.54) is 31.1 Å². The smallest absolute Gasteiger partial charge is 0.331 e. The van der Waals surface area contributed by atoms with Crippen LogP contribution in [0.3, 0.4) is 0 Å². The Hall–Kier alpha value is -3.42. The molecule has 0 aromatic heterocycles. The van der Waals surface area contributed by atoms with Gasteiger partial charge in [-0.25, -0.2) is 4.79 Å². The van der Waals surface area contributed by atoms with Crippen LogP contribution in [0.25, 0.3) is 0 Å². The lowest BCUT2D eigenvalue weighted by atomic mass is 9.92. The average molecular weight is 370 g/mol. The van der Waals surface area contributed by atoms with Crippen LogP contribution in [-0.2, 0) is 11.2 Å². The molecule has 0 saturated heterocycles. The van der Waals surface area contributed by atoms with Gasteiger partial charge in [-0.05, 0) is 30.5 Å². The van der Waals surface area contributed by atoms with Crippen LogP contribution in [0.2, 0.25) is 0 Å². The fourth-order valence-electron chi connectivity index (χ4n) is 3.42. The van der Waals surface area contributed by atoms with E-state index in [9.17, 15) is 24.8 Å². The van der Waals surface area contributed by atoms with Crippen LogP contribution in [-0.4, -0.2) is 40.5 Å². The molecule has 8 nitrogen and oxygen atoms in total. The van der Waals surface area contributed by atoms with Crippen LogP contribution in [0.5, 0.6) is 5.75 Å². The van der Waals surface area contributed by atoms with Gasteiger partial charge >= 0.3 is 5.97 Å². The maximum Gasteiger partial charge on any atom is 0.331 e. The molecule has 1 unspecified atom stereocenters. The number of hydrogen-bond acceptors (Lipinski definition) is 5. The van der Waals surface area contributed by atoms with Crippen LogP contribution in [0, 0.1) is 17.0 Å². The van der Waals surface area contributed by atoms with Crippen molar-refractivity contribution in [3.63, 3.8) is 0 Å².